The fourth-order valence-electron chi connectivity index (χ4n) is 3.81. The van der Waals surface area contributed by atoms with Gasteiger partial charge in [0.25, 0.3) is 5.91 Å². The molecule has 0 bridgehead atoms. The lowest BCUT2D eigenvalue weighted by Gasteiger charge is -2.40. The van der Waals surface area contributed by atoms with E-state index in [0.29, 0.717) is 0 Å². The van der Waals surface area contributed by atoms with E-state index in [2.05, 4.69) is 0 Å². The molecule has 182 valence electrons. The minimum absolute atomic E-state index is 0.0289. The van der Waals surface area contributed by atoms with Gasteiger partial charge >= 0.3 is 13.2 Å². The first-order valence-electron chi connectivity index (χ1n) is 11.2. The zero-order valence-electron chi connectivity index (χ0n) is 20.6. The Hall–Kier alpha value is -2.20. The van der Waals surface area contributed by atoms with Gasteiger partial charge in [-0.2, -0.15) is 0 Å². The maximum absolute atomic E-state index is 15.5. The van der Waals surface area contributed by atoms with Crippen molar-refractivity contribution < 1.29 is 32.4 Å². The molecular weight excluding hydrogens is 433 g/mol. The van der Waals surface area contributed by atoms with Crippen LogP contribution in [0.5, 0.6) is 0 Å². The van der Waals surface area contributed by atoms with Crippen molar-refractivity contribution in [2.75, 3.05) is 19.6 Å². The van der Waals surface area contributed by atoms with Gasteiger partial charge in [0.1, 0.15) is 22.8 Å². The molecule has 2 saturated heterocycles. The number of benzene rings is 1. The zero-order valence-corrected chi connectivity index (χ0v) is 20.6. The fraction of sp³-hybridized carbons (Fsp3) is 0.652. The van der Waals surface area contributed by atoms with Gasteiger partial charge in [-0.3, -0.25) is 4.79 Å². The van der Waals surface area contributed by atoms with Gasteiger partial charge in [-0.25, -0.2) is 13.6 Å². The first-order chi connectivity index (χ1) is 15.0. The summed E-state index contributed by atoms with van der Waals surface area (Å²) >= 11 is 0. The lowest BCUT2D eigenvalue weighted by Crippen LogP contribution is -2.56. The van der Waals surface area contributed by atoms with Crippen LogP contribution in [0.2, 0.25) is 0 Å². The minimum atomic E-state index is -1.06. The molecule has 2 fully saturated rings. The van der Waals surface area contributed by atoms with Gasteiger partial charge in [0.05, 0.1) is 11.2 Å². The summed E-state index contributed by atoms with van der Waals surface area (Å²) in [6.07, 6.45) is -0.484. The molecule has 1 atom stereocenters. The number of carbonyl (C=O) groups excluding carboxylic acids is 2. The number of nitrogens with zero attached hydrogens (tertiary/aromatic N) is 2. The SMILES string of the molecule is C[C@@H]1CN(C(=O)c2c(F)ccc(B3OC(C)(C)C(C)(C)O3)c2F)CCN1C(=O)OC(C)(C)C. The Bertz CT molecular complexity index is 932. The molecule has 1 aromatic carbocycles. The normalized spacial score (nSPS) is 22.5. The van der Waals surface area contributed by atoms with E-state index in [1.165, 1.54) is 15.9 Å². The summed E-state index contributed by atoms with van der Waals surface area (Å²) in [6.45, 7) is 14.8. The second-order valence-electron chi connectivity index (χ2n) is 10.7. The Morgan fingerprint density at radius 2 is 1.67 bits per heavy atom. The molecule has 2 aliphatic rings. The molecule has 0 spiro atoms. The first-order valence-corrected chi connectivity index (χ1v) is 11.2. The molecule has 0 saturated carbocycles. The summed E-state index contributed by atoms with van der Waals surface area (Å²) in [5, 5.41) is 0. The molecule has 2 aliphatic heterocycles. The molecule has 0 aromatic heterocycles. The highest BCUT2D eigenvalue weighted by molar-refractivity contribution is 6.62. The van der Waals surface area contributed by atoms with Crippen LogP contribution >= 0.6 is 0 Å². The molecule has 0 unspecified atom stereocenters. The largest absolute Gasteiger partial charge is 0.497 e. The summed E-state index contributed by atoms with van der Waals surface area (Å²) < 4.78 is 47.3. The molecule has 7 nitrogen and oxygen atoms in total. The predicted octanol–water partition coefficient (Wildman–Crippen LogP) is 3.35. The van der Waals surface area contributed by atoms with Crippen LogP contribution in [-0.4, -0.2) is 71.4 Å². The van der Waals surface area contributed by atoms with Crippen LogP contribution in [0.3, 0.4) is 0 Å². The number of amides is 2. The topological polar surface area (TPSA) is 68.3 Å². The molecule has 2 heterocycles. The van der Waals surface area contributed by atoms with Gasteiger partial charge in [-0.1, -0.05) is 6.07 Å². The summed E-state index contributed by atoms with van der Waals surface area (Å²) in [4.78, 5) is 28.4. The average Bonchev–Trinajstić information content (AvgIpc) is 2.87. The van der Waals surface area contributed by atoms with Crippen molar-refractivity contribution in [3.05, 3.63) is 29.3 Å². The van der Waals surface area contributed by atoms with Crippen molar-refractivity contribution in [3.8, 4) is 0 Å². The van der Waals surface area contributed by atoms with Crippen molar-refractivity contribution in [1.82, 2.24) is 9.80 Å². The summed E-state index contributed by atoms with van der Waals surface area (Å²) in [6, 6.07) is 1.92. The Morgan fingerprint density at radius 1 is 1.09 bits per heavy atom. The van der Waals surface area contributed by atoms with Crippen LogP contribution in [0.4, 0.5) is 13.6 Å². The van der Waals surface area contributed by atoms with Gasteiger partial charge in [0.15, 0.2) is 0 Å². The molecule has 2 amide bonds. The molecule has 1 aromatic rings. The number of halogens is 2. The Morgan fingerprint density at radius 3 is 2.18 bits per heavy atom. The van der Waals surface area contributed by atoms with Crippen molar-refractivity contribution in [2.45, 2.75) is 78.2 Å². The van der Waals surface area contributed by atoms with E-state index in [-0.39, 0.29) is 31.1 Å². The van der Waals surface area contributed by atoms with Gasteiger partial charge in [0.2, 0.25) is 0 Å². The van der Waals surface area contributed by atoms with Crippen LogP contribution in [0.15, 0.2) is 12.1 Å². The maximum Gasteiger partial charge on any atom is 0.497 e. The number of hydrogen-bond donors (Lipinski definition) is 0. The Balaban J connectivity index is 1.80. The third-order valence-corrected chi connectivity index (χ3v) is 6.38. The number of hydrogen-bond acceptors (Lipinski definition) is 5. The number of ether oxygens (including phenoxy) is 1. The maximum atomic E-state index is 15.5. The summed E-state index contributed by atoms with van der Waals surface area (Å²) in [5.41, 5.74) is -2.75. The van der Waals surface area contributed by atoms with Crippen molar-refractivity contribution in [2.24, 2.45) is 0 Å². The zero-order chi connectivity index (χ0) is 24.9. The van der Waals surface area contributed by atoms with Crippen molar-refractivity contribution in [1.29, 1.82) is 0 Å². The van der Waals surface area contributed by atoms with E-state index in [9.17, 15) is 14.0 Å². The van der Waals surface area contributed by atoms with Crippen LogP contribution in [-0.2, 0) is 14.0 Å². The van der Waals surface area contributed by atoms with Gasteiger partial charge in [0, 0.05) is 31.1 Å². The highest BCUT2D eigenvalue weighted by Gasteiger charge is 2.53. The third-order valence-electron chi connectivity index (χ3n) is 6.38. The van der Waals surface area contributed by atoms with Gasteiger partial charge < -0.3 is 23.8 Å². The average molecular weight is 466 g/mol. The Kier molecular flexibility index (Phi) is 6.58. The van der Waals surface area contributed by atoms with Crippen LogP contribution in [0.1, 0.15) is 65.7 Å². The highest BCUT2D eigenvalue weighted by atomic mass is 19.1. The molecule has 0 N–H and O–H groups in total. The third kappa shape index (κ3) is 5.01. The summed E-state index contributed by atoms with van der Waals surface area (Å²) in [5.74, 6) is -2.74. The molecule has 0 aliphatic carbocycles. The molecule has 10 heteroatoms. The molecule has 33 heavy (non-hydrogen) atoms. The van der Waals surface area contributed by atoms with Crippen LogP contribution in [0.25, 0.3) is 0 Å². The van der Waals surface area contributed by atoms with Crippen molar-refractivity contribution >= 4 is 24.6 Å². The van der Waals surface area contributed by atoms with Crippen molar-refractivity contribution in [3.63, 3.8) is 0 Å². The Labute approximate surface area is 194 Å². The fourth-order valence-corrected chi connectivity index (χ4v) is 3.81. The van der Waals surface area contributed by atoms with E-state index in [1.807, 2.05) is 27.7 Å². The van der Waals surface area contributed by atoms with Crippen LogP contribution in [0, 0.1) is 11.6 Å². The minimum Gasteiger partial charge on any atom is -0.444 e. The second kappa shape index (κ2) is 8.54. The number of carbonyl (C=O) groups is 2. The van der Waals surface area contributed by atoms with E-state index >= 15 is 4.39 Å². The lowest BCUT2D eigenvalue weighted by atomic mass is 9.77. The smallest absolute Gasteiger partial charge is 0.444 e. The molecule has 3 rings (SSSR count). The second-order valence-corrected chi connectivity index (χ2v) is 10.7. The molecule has 0 radical (unpaired) electrons. The molecular formula is C23H33BF2N2O5. The number of piperazine rings is 1. The van der Waals surface area contributed by atoms with E-state index in [4.69, 9.17) is 14.0 Å². The van der Waals surface area contributed by atoms with Gasteiger partial charge in [-0.05, 0) is 61.5 Å². The first kappa shape index (κ1) is 25.4. The quantitative estimate of drug-likeness (QED) is 0.626. The van der Waals surface area contributed by atoms with Crippen LogP contribution < -0.4 is 5.46 Å². The van der Waals surface area contributed by atoms with E-state index in [0.717, 1.165) is 6.07 Å². The summed E-state index contributed by atoms with van der Waals surface area (Å²) in [7, 11) is -1.06. The van der Waals surface area contributed by atoms with E-state index < -0.39 is 53.1 Å². The number of rotatable bonds is 2. The predicted molar refractivity (Wildman–Crippen MR) is 120 cm³/mol. The van der Waals surface area contributed by atoms with Gasteiger partial charge in [-0.15, -0.1) is 0 Å². The lowest BCUT2D eigenvalue weighted by molar-refractivity contribution is 0.00182. The standard InChI is InChI=1S/C23H33BF2N2O5/c1-14-13-27(11-12-28(14)20(30)31-21(2,3)4)19(29)17-16(25)10-9-15(18(17)26)24-32-22(5,6)23(7,8)33-24/h9-10,14H,11-13H2,1-8H3/t14-/m1/s1. The van der Waals surface area contributed by atoms with E-state index in [1.54, 1.807) is 27.7 Å². The monoisotopic (exact) mass is 466 g/mol. The highest BCUT2D eigenvalue weighted by Crippen LogP contribution is 2.37.